The molecule has 194 valence electrons. The smallest absolute Gasteiger partial charge is 0.318 e. The van der Waals surface area contributed by atoms with Crippen LogP contribution in [0.25, 0.3) is 0 Å². The zero-order valence-electron chi connectivity index (χ0n) is 21.0. The third-order valence-electron chi connectivity index (χ3n) is 5.74. The fourth-order valence-electron chi connectivity index (χ4n) is 3.78. The van der Waals surface area contributed by atoms with Crippen molar-refractivity contribution in [3.8, 4) is 0 Å². The van der Waals surface area contributed by atoms with Crippen molar-refractivity contribution in [1.29, 1.82) is 0 Å². The van der Waals surface area contributed by atoms with Crippen LogP contribution in [0.5, 0.6) is 0 Å². The SMILES string of the molecule is CC(=O)O/N=C(/C(=O)c1ccc(Sc2ccc(C(=O)c3ccccc3)cc2)cc1)c1cccc([N+](=O)[O-])c1C. The van der Waals surface area contributed by atoms with Gasteiger partial charge in [0.25, 0.3) is 5.69 Å². The van der Waals surface area contributed by atoms with Crippen LogP contribution in [0.2, 0.25) is 0 Å². The minimum absolute atomic E-state index is 0.0554. The number of nitro benzene ring substituents is 1. The highest BCUT2D eigenvalue weighted by Crippen LogP contribution is 2.29. The zero-order valence-corrected chi connectivity index (χ0v) is 21.8. The molecule has 0 aliphatic heterocycles. The van der Waals surface area contributed by atoms with E-state index in [1.54, 1.807) is 48.5 Å². The summed E-state index contributed by atoms with van der Waals surface area (Å²) in [5, 5.41) is 15.1. The summed E-state index contributed by atoms with van der Waals surface area (Å²) in [5.41, 5.74) is 1.49. The fraction of sp³-hybridized carbons (Fsp3) is 0.0667. The van der Waals surface area contributed by atoms with Crippen LogP contribution in [0.3, 0.4) is 0 Å². The minimum Gasteiger partial charge on any atom is -0.318 e. The monoisotopic (exact) mass is 538 g/mol. The van der Waals surface area contributed by atoms with Crippen LogP contribution in [0.4, 0.5) is 5.69 Å². The lowest BCUT2D eigenvalue weighted by molar-refractivity contribution is -0.385. The number of hydrogen-bond donors (Lipinski definition) is 0. The molecule has 0 spiro atoms. The van der Waals surface area contributed by atoms with Crippen LogP contribution in [-0.2, 0) is 9.63 Å². The van der Waals surface area contributed by atoms with Crippen LogP contribution in [0, 0.1) is 17.0 Å². The number of nitro groups is 1. The quantitative estimate of drug-likeness (QED) is 0.0792. The van der Waals surface area contributed by atoms with E-state index in [1.807, 2.05) is 30.3 Å². The number of Topliss-reactive ketones (excluding diaryl/α,β-unsaturated/α-hetero) is 1. The molecule has 0 bridgehead atoms. The molecule has 0 aliphatic carbocycles. The topological polar surface area (TPSA) is 116 Å². The number of carbonyl (C=O) groups is 3. The van der Waals surface area contributed by atoms with E-state index in [-0.39, 0.29) is 33.9 Å². The van der Waals surface area contributed by atoms with Crippen LogP contribution in [0.15, 0.2) is 112 Å². The number of oxime groups is 1. The number of rotatable bonds is 9. The molecule has 0 atom stereocenters. The average molecular weight is 539 g/mol. The number of carbonyl (C=O) groups excluding carboxylic acids is 3. The summed E-state index contributed by atoms with van der Waals surface area (Å²) in [7, 11) is 0. The summed E-state index contributed by atoms with van der Waals surface area (Å²) >= 11 is 1.45. The molecular formula is C30H22N2O6S. The van der Waals surface area contributed by atoms with Crippen LogP contribution < -0.4 is 0 Å². The van der Waals surface area contributed by atoms with E-state index in [0.717, 1.165) is 16.7 Å². The van der Waals surface area contributed by atoms with Gasteiger partial charge in [0.15, 0.2) is 11.5 Å². The predicted octanol–water partition coefficient (Wildman–Crippen LogP) is 6.44. The van der Waals surface area contributed by atoms with E-state index in [2.05, 4.69) is 5.16 Å². The van der Waals surface area contributed by atoms with Gasteiger partial charge in [-0.3, -0.25) is 19.7 Å². The third kappa shape index (κ3) is 6.52. The van der Waals surface area contributed by atoms with Gasteiger partial charge in [-0.25, -0.2) is 4.79 Å². The van der Waals surface area contributed by atoms with E-state index in [9.17, 15) is 24.5 Å². The van der Waals surface area contributed by atoms with Gasteiger partial charge in [0.2, 0.25) is 5.78 Å². The highest BCUT2D eigenvalue weighted by Gasteiger charge is 2.24. The van der Waals surface area contributed by atoms with E-state index in [4.69, 9.17) is 4.84 Å². The second-order valence-electron chi connectivity index (χ2n) is 8.40. The Morgan fingerprint density at radius 2 is 1.33 bits per heavy atom. The Hall–Kier alpha value is -4.89. The lowest BCUT2D eigenvalue weighted by Crippen LogP contribution is -2.18. The van der Waals surface area contributed by atoms with Crippen molar-refractivity contribution in [3.05, 3.63) is 135 Å². The van der Waals surface area contributed by atoms with Crippen molar-refractivity contribution in [2.24, 2.45) is 5.16 Å². The number of ketones is 2. The Bertz CT molecular complexity index is 1580. The molecule has 0 amide bonds. The van der Waals surface area contributed by atoms with E-state index in [1.165, 1.54) is 36.9 Å². The molecular weight excluding hydrogens is 516 g/mol. The summed E-state index contributed by atoms with van der Waals surface area (Å²) in [6, 6.07) is 27.3. The second kappa shape index (κ2) is 12.1. The van der Waals surface area contributed by atoms with E-state index < -0.39 is 16.7 Å². The van der Waals surface area contributed by atoms with Gasteiger partial charge in [-0.05, 0) is 55.5 Å². The van der Waals surface area contributed by atoms with Crippen LogP contribution in [-0.4, -0.2) is 28.2 Å². The molecule has 4 rings (SSSR count). The molecule has 0 fully saturated rings. The maximum atomic E-state index is 13.3. The highest BCUT2D eigenvalue weighted by molar-refractivity contribution is 7.99. The molecule has 9 heteroatoms. The predicted molar refractivity (Wildman–Crippen MR) is 147 cm³/mol. The molecule has 0 heterocycles. The van der Waals surface area contributed by atoms with Crippen LogP contribution >= 0.6 is 11.8 Å². The first-order valence-electron chi connectivity index (χ1n) is 11.8. The largest absolute Gasteiger partial charge is 0.332 e. The molecule has 39 heavy (non-hydrogen) atoms. The van der Waals surface area contributed by atoms with Crippen LogP contribution in [0.1, 0.15) is 44.3 Å². The minimum atomic E-state index is -0.730. The highest BCUT2D eigenvalue weighted by atomic mass is 32.2. The molecule has 0 N–H and O–H groups in total. The fourth-order valence-corrected chi connectivity index (χ4v) is 4.59. The normalized spacial score (nSPS) is 11.1. The van der Waals surface area contributed by atoms with Crippen molar-refractivity contribution in [3.63, 3.8) is 0 Å². The molecule has 0 aliphatic rings. The Morgan fingerprint density at radius 3 is 1.90 bits per heavy atom. The second-order valence-corrected chi connectivity index (χ2v) is 9.55. The van der Waals surface area contributed by atoms with Crippen molar-refractivity contribution in [2.75, 3.05) is 0 Å². The molecule has 0 radical (unpaired) electrons. The zero-order chi connectivity index (χ0) is 27.9. The van der Waals surface area contributed by atoms with Gasteiger partial charge in [0.1, 0.15) is 0 Å². The van der Waals surface area contributed by atoms with Gasteiger partial charge in [-0.2, -0.15) is 0 Å². The standard InChI is InChI=1S/C30H22N2O6S/c1-19-26(9-6-10-27(19)32(36)37)28(31-38-20(2)33)30(35)23-13-17-25(18-14-23)39-24-15-11-22(12-16-24)29(34)21-7-4-3-5-8-21/h3-18H,1-2H3/b31-28+. The van der Waals surface area contributed by atoms with Crippen molar-refractivity contribution < 1.29 is 24.1 Å². The summed E-state index contributed by atoms with van der Waals surface area (Å²) in [4.78, 5) is 54.7. The number of hydrogen-bond acceptors (Lipinski definition) is 8. The number of benzene rings is 4. The van der Waals surface area contributed by atoms with Crippen molar-refractivity contribution >= 4 is 40.7 Å². The first kappa shape index (κ1) is 27.2. The van der Waals surface area contributed by atoms with Gasteiger partial charge in [-0.15, -0.1) is 0 Å². The lowest BCUT2D eigenvalue weighted by atomic mass is 9.96. The summed E-state index contributed by atoms with van der Waals surface area (Å²) < 4.78 is 0. The molecule has 0 aromatic heterocycles. The molecule has 4 aromatic carbocycles. The third-order valence-corrected chi connectivity index (χ3v) is 6.76. The first-order valence-corrected chi connectivity index (χ1v) is 12.6. The lowest BCUT2D eigenvalue weighted by Gasteiger charge is -2.10. The van der Waals surface area contributed by atoms with Gasteiger partial charge < -0.3 is 4.84 Å². The van der Waals surface area contributed by atoms with Gasteiger partial charge >= 0.3 is 5.97 Å². The van der Waals surface area contributed by atoms with Gasteiger partial charge in [-0.1, -0.05) is 59.4 Å². The Kier molecular flexibility index (Phi) is 8.43. The molecule has 4 aromatic rings. The maximum absolute atomic E-state index is 13.3. The molecule has 0 unspecified atom stereocenters. The molecule has 0 saturated heterocycles. The van der Waals surface area contributed by atoms with E-state index >= 15 is 0 Å². The van der Waals surface area contributed by atoms with E-state index in [0.29, 0.717) is 11.1 Å². The maximum Gasteiger partial charge on any atom is 0.332 e. The molecule has 0 saturated carbocycles. The average Bonchev–Trinajstić information content (AvgIpc) is 2.94. The number of nitrogens with zero attached hydrogens (tertiary/aromatic N) is 2. The van der Waals surface area contributed by atoms with Crippen molar-refractivity contribution in [2.45, 2.75) is 23.6 Å². The van der Waals surface area contributed by atoms with Gasteiger partial charge in [0.05, 0.1) is 4.92 Å². The summed E-state index contributed by atoms with van der Waals surface area (Å²) in [5.74, 6) is -1.34. The van der Waals surface area contributed by atoms with Crippen molar-refractivity contribution in [1.82, 2.24) is 0 Å². The molecule has 8 nitrogen and oxygen atoms in total. The Labute approximate surface area is 228 Å². The Morgan fingerprint density at radius 1 is 0.769 bits per heavy atom. The Balaban J connectivity index is 1.53. The summed E-state index contributed by atoms with van der Waals surface area (Å²) in [6.45, 7) is 2.64. The first-order chi connectivity index (χ1) is 18.7. The summed E-state index contributed by atoms with van der Waals surface area (Å²) in [6.07, 6.45) is 0. The van der Waals surface area contributed by atoms with Gasteiger partial charge in [0, 0.05) is 50.6 Å².